The average Bonchev–Trinajstić information content (AvgIpc) is 2.62. The lowest BCUT2D eigenvalue weighted by Crippen LogP contribution is -2.44. The van der Waals surface area contributed by atoms with E-state index < -0.39 is 0 Å². The molecule has 5 nitrogen and oxygen atoms in total. The number of ether oxygens (including phenoxy) is 1. The molecule has 0 unspecified atom stereocenters. The van der Waals surface area contributed by atoms with Crippen LogP contribution in [-0.2, 0) is 0 Å². The Bertz CT molecular complexity index is 696. The number of hydrogen-bond donors (Lipinski definition) is 2. The quantitative estimate of drug-likeness (QED) is 0.394. The Balaban J connectivity index is 2.03. The minimum Gasteiger partial charge on any atom is -0.489 e. The van der Waals surface area contributed by atoms with Crippen LogP contribution in [0.4, 0.5) is 11.4 Å². The van der Waals surface area contributed by atoms with E-state index in [4.69, 9.17) is 15.7 Å². The van der Waals surface area contributed by atoms with Gasteiger partial charge in [-0.2, -0.15) is 5.26 Å². The number of nitrogens with two attached hydrogens (primary N) is 1. The fourth-order valence-corrected chi connectivity index (χ4v) is 2.42. The van der Waals surface area contributed by atoms with Crippen LogP contribution in [0.3, 0.4) is 0 Å². The number of hydrogen-bond acceptors (Lipinski definition) is 5. The maximum atomic E-state index is 8.91. The summed E-state index contributed by atoms with van der Waals surface area (Å²) in [5.74, 6) is 0.823. The molecule has 0 fully saturated rings. The first-order valence-corrected chi connectivity index (χ1v) is 8.29. The molecular formula is C20H24N4O. The van der Waals surface area contributed by atoms with E-state index in [1.165, 1.54) is 0 Å². The number of nitriles is 1. The third-order valence-electron chi connectivity index (χ3n) is 3.61. The molecule has 0 radical (unpaired) electrons. The van der Waals surface area contributed by atoms with Crippen molar-refractivity contribution in [2.45, 2.75) is 18.9 Å². The van der Waals surface area contributed by atoms with E-state index >= 15 is 0 Å². The predicted molar refractivity (Wildman–Crippen MR) is 102 cm³/mol. The van der Waals surface area contributed by atoms with Crippen LogP contribution in [0.15, 0.2) is 67.3 Å². The van der Waals surface area contributed by atoms with Gasteiger partial charge in [-0.05, 0) is 30.3 Å². The number of nitrogens with one attached hydrogen (secondary N) is 1. The molecule has 130 valence electrons. The highest BCUT2D eigenvalue weighted by Crippen LogP contribution is 2.17. The molecule has 0 saturated heterocycles. The fourth-order valence-electron chi connectivity index (χ4n) is 2.42. The maximum Gasteiger partial charge on any atom is 0.119 e. The summed E-state index contributed by atoms with van der Waals surface area (Å²) in [6, 6.07) is 19.5. The van der Waals surface area contributed by atoms with Crippen LogP contribution < -0.4 is 20.9 Å². The molecule has 1 atom stereocenters. The zero-order valence-corrected chi connectivity index (χ0v) is 14.3. The number of para-hydroxylation sites is 1. The van der Waals surface area contributed by atoms with Crippen molar-refractivity contribution in [1.29, 1.82) is 5.26 Å². The summed E-state index contributed by atoms with van der Waals surface area (Å²) in [4.78, 5) is 0. The number of nitrogen functional groups attached to an aromatic ring is 1. The molecule has 2 rings (SSSR count). The maximum absolute atomic E-state index is 8.91. The van der Waals surface area contributed by atoms with Gasteiger partial charge < -0.3 is 15.5 Å². The van der Waals surface area contributed by atoms with Crippen LogP contribution in [0.5, 0.6) is 5.75 Å². The van der Waals surface area contributed by atoms with Crippen LogP contribution in [0.1, 0.15) is 12.8 Å². The summed E-state index contributed by atoms with van der Waals surface area (Å²) < 4.78 is 6.02. The van der Waals surface area contributed by atoms with Gasteiger partial charge in [-0.1, -0.05) is 30.3 Å². The minimum absolute atomic E-state index is 0.0643. The lowest BCUT2D eigenvalue weighted by molar-refractivity contribution is 0.199. The molecule has 0 heterocycles. The fraction of sp³-hybridized carbons (Fsp3) is 0.250. The van der Waals surface area contributed by atoms with Crippen LogP contribution >= 0.6 is 0 Å². The predicted octanol–water partition coefficient (Wildman–Crippen LogP) is 3.52. The van der Waals surface area contributed by atoms with E-state index in [0.717, 1.165) is 11.4 Å². The van der Waals surface area contributed by atoms with Gasteiger partial charge in [0.05, 0.1) is 24.7 Å². The minimum atomic E-state index is -0.0643. The number of benzene rings is 2. The van der Waals surface area contributed by atoms with Crippen molar-refractivity contribution >= 4 is 11.4 Å². The van der Waals surface area contributed by atoms with E-state index in [2.05, 4.69) is 18.1 Å². The second kappa shape index (κ2) is 10.0. The summed E-state index contributed by atoms with van der Waals surface area (Å²) in [6.45, 7) is 4.95. The first kappa shape index (κ1) is 18.4. The van der Waals surface area contributed by atoms with Gasteiger partial charge >= 0.3 is 0 Å². The van der Waals surface area contributed by atoms with Gasteiger partial charge in [0.1, 0.15) is 11.9 Å². The largest absolute Gasteiger partial charge is 0.489 e. The van der Waals surface area contributed by atoms with Crippen molar-refractivity contribution in [1.82, 2.24) is 5.43 Å². The highest BCUT2D eigenvalue weighted by molar-refractivity contribution is 5.55. The zero-order chi connectivity index (χ0) is 17.9. The van der Waals surface area contributed by atoms with Gasteiger partial charge in [0.15, 0.2) is 0 Å². The van der Waals surface area contributed by atoms with Gasteiger partial charge in [-0.3, -0.25) is 0 Å². The topological polar surface area (TPSA) is 74.3 Å². The normalized spacial score (nSPS) is 11.3. The second-order valence-electron chi connectivity index (χ2n) is 5.59. The van der Waals surface area contributed by atoms with Gasteiger partial charge in [-0.25, -0.2) is 5.43 Å². The first-order valence-electron chi connectivity index (χ1n) is 8.29. The van der Waals surface area contributed by atoms with Crippen molar-refractivity contribution in [2.24, 2.45) is 0 Å². The summed E-state index contributed by atoms with van der Waals surface area (Å²) in [7, 11) is 0. The Morgan fingerprint density at radius 1 is 1.24 bits per heavy atom. The smallest absolute Gasteiger partial charge is 0.119 e. The summed E-state index contributed by atoms with van der Waals surface area (Å²) in [6.07, 6.45) is 2.90. The third kappa shape index (κ3) is 6.21. The molecule has 0 aliphatic carbocycles. The molecule has 0 aliphatic heterocycles. The Morgan fingerprint density at radius 2 is 2.04 bits per heavy atom. The Morgan fingerprint density at radius 3 is 2.72 bits per heavy atom. The molecule has 3 N–H and O–H groups in total. The summed E-state index contributed by atoms with van der Waals surface area (Å²) in [5, 5.41) is 10.8. The van der Waals surface area contributed by atoms with Crippen molar-refractivity contribution < 1.29 is 4.74 Å². The monoisotopic (exact) mass is 336 g/mol. The Kier molecular flexibility index (Phi) is 7.36. The van der Waals surface area contributed by atoms with E-state index in [0.29, 0.717) is 31.6 Å². The molecule has 0 spiro atoms. The lowest BCUT2D eigenvalue weighted by Gasteiger charge is -2.28. The average molecular weight is 336 g/mol. The van der Waals surface area contributed by atoms with E-state index in [1.54, 1.807) is 0 Å². The Labute approximate surface area is 149 Å². The Hall–Kier alpha value is -2.97. The highest BCUT2D eigenvalue weighted by atomic mass is 16.5. The van der Waals surface area contributed by atoms with Crippen molar-refractivity contribution in [3.63, 3.8) is 0 Å². The van der Waals surface area contributed by atoms with Crippen molar-refractivity contribution in [2.75, 3.05) is 23.8 Å². The van der Waals surface area contributed by atoms with Crippen LogP contribution in [0.25, 0.3) is 0 Å². The van der Waals surface area contributed by atoms with Gasteiger partial charge in [0, 0.05) is 18.7 Å². The molecule has 5 heteroatoms. The molecular weight excluding hydrogens is 312 g/mol. The molecule has 25 heavy (non-hydrogen) atoms. The third-order valence-corrected chi connectivity index (χ3v) is 3.61. The van der Waals surface area contributed by atoms with Crippen LogP contribution in [0, 0.1) is 11.3 Å². The number of nitrogens with zero attached hydrogens (tertiary/aromatic N) is 2. The number of hydrazine groups is 1. The summed E-state index contributed by atoms with van der Waals surface area (Å²) in [5.41, 5.74) is 10.8. The molecule has 0 saturated carbocycles. The number of rotatable bonds is 10. The number of anilines is 2. The van der Waals surface area contributed by atoms with E-state index in [-0.39, 0.29) is 6.10 Å². The van der Waals surface area contributed by atoms with Crippen molar-refractivity contribution in [3.05, 3.63) is 67.3 Å². The van der Waals surface area contributed by atoms with Crippen molar-refractivity contribution in [3.8, 4) is 11.8 Å². The van der Waals surface area contributed by atoms with Crippen LogP contribution in [-0.4, -0.2) is 19.2 Å². The van der Waals surface area contributed by atoms with Gasteiger partial charge in [0.2, 0.25) is 0 Å². The zero-order valence-electron chi connectivity index (χ0n) is 14.3. The first-order chi connectivity index (χ1) is 12.2. The van der Waals surface area contributed by atoms with Gasteiger partial charge in [-0.15, -0.1) is 6.58 Å². The summed E-state index contributed by atoms with van der Waals surface area (Å²) >= 11 is 0. The van der Waals surface area contributed by atoms with E-state index in [9.17, 15) is 0 Å². The molecule has 0 aromatic heterocycles. The molecule has 2 aromatic carbocycles. The van der Waals surface area contributed by atoms with Gasteiger partial charge in [0.25, 0.3) is 0 Å². The molecule has 0 aliphatic rings. The molecule has 0 amide bonds. The SMILES string of the molecule is C=CC[C@H](CNN(CCC#N)c1cccc(N)c1)Oc1ccccc1. The standard InChI is InChI=1S/C20H24N4O/c1-2-8-20(25-19-11-4-3-5-12-19)16-23-24(14-7-13-21)18-10-6-9-17(22)15-18/h2-6,9-12,15,20,23H,1,7-8,14,16,22H2/t20-/m1/s1. The molecule has 0 bridgehead atoms. The molecule has 2 aromatic rings. The van der Waals surface area contributed by atoms with E-state index in [1.807, 2.05) is 65.7 Å². The second-order valence-corrected chi connectivity index (χ2v) is 5.59. The lowest BCUT2D eigenvalue weighted by atomic mass is 10.2. The van der Waals surface area contributed by atoms with Crippen LogP contribution in [0.2, 0.25) is 0 Å². The highest BCUT2D eigenvalue weighted by Gasteiger charge is 2.12.